The Morgan fingerprint density at radius 3 is 2.23 bits per heavy atom. The largest absolute Gasteiger partial charge is 0.321 e. The van der Waals surface area contributed by atoms with Crippen LogP contribution >= 0.6 is 0 Å². The van der Waals surface area contributed by atoms with Gasteiger partial charge in [0.2, 0.25) is 0 Å². The van der Waals surface area contributed by atoms with Crippen LogP contribution in [0.5, 0.6) is 0 Å². The van der Waals surface area contributed by atoms with Gasteiger partial charge >= 0.3 is 0 Å². The fourth-order valence-electron chi connectivity index (χ4n) is 5.64. The third-order valence-corrected chi connectivity index (χ3v) is 9.17. The molecule has 1 aliphatic carbocycles. The molecular weight excluding hydrogens is 516 g/mol. The number of fused-ring (bicyclic) bond motifs is 3. The molecule has 0 radical (unpaired) electrons. The second kappa shape index (κ2) is 9.11. The second-order valence-electron chi connectivity index (χ2n) is 10.7. The number of sulfone groups is 1. The molecule has 40 heavy (non-hydrogen) atoms. The van der Waals surface area contributed by atoms with E-state index in [1.54, 1.807) is 18.2 Å². The lowest BCUT2D eigenvalue weighted by Gasteiger charge is -2.38. The zero-order valence-electron chi connectivity index (χ0n) is 22.1. The summed E-state index contributed by atoms with van der Waals surface area (Å²) >= 11 is 0. The molecule has 4 aromatic carbocycles. The molecule has 0 aliphatic heterocycles. The average Bonchev–Trinajstić information content (AvgIpc) is 3.33. The van der Waals surface area contributed by atoms with E-state index in [2.05, 4.69) is 36.4 Å². The highest BCUT2D eigenvalue weighted by molar-refractivity contribution is 7.90. The third kappa shape index (κ3) is 4.10. The van der Waals surface area contributed by atoms with Crippen LogP contribution in [-0.2, 0) is 15.4 Å². The molecule has 1 saturated carbocycles. The molecule has 0 unspecified atom stereocenters. The Kier molecular flexibility index (Phi) is 5.63. The average molecular weight is 545 g/mol. The van der Waals surface area contributed by atoms with Crippen LogP contribution in [0.1, 0.15) is 24.8 Å². The van der Waals surface area contributed by atoms with Crippen molar-refractivity contribution in [1.29, 1.82) is 0 Å². The highest BCUT2D eigenvalue weighted by Crippen LogP contribution is 2.40. The molecule has 2 heterocycles. The Morgan fingerprint density at radius 2 is 1.52 bits per heavy atom. The molecule has 0 saturated heterocycles. The van der Waals surface area contributed by atoms with Crippen molar-refractivity contribution in [2.24, 2.45) is 5.73 Å². The lowest BCUT2D eigenvalue weighted by atomic mass is 9.72. The number of hydrogen-bond acceptors (Lipinski definition) is 5. The molecule has 6 aromatic rings. The van der Waals surface area contributed by atoms with Crippen molar-refractivity contribution in [2.75, 3.05) is 6.26 Å². The van der Waals surface area contributed by atoms with Crippen molar-refractivity contribution in [3.63, 3.8) is 0 Å². The first kappa shape index (κ1) is 24.7. The molecule has 198 valence electrons. The van der Waals surface area contributed by atoms with Gasteiger partial charge in [0, 0.05) is 40.1 Å². The van der Waals surface area contributed by atoms with Gasteiger partial charge in [-0.1, -0.05) is 78.9 Å². The quantitative estimate of drug-likeness (QED) is 0.263. The maximum atomic E-state index is 12.2. The smallest absolute Gasteiger partial charge is 0.175 e. The zero-order valence-corrected chi connectivity index (χ0v) is 22.9. The van der Waals surface area contributed by atoms with Gasteiger partial charge in [0.05, 0.1) is 10.6 Å². The summed E-state index contributed by atoms with van der Waals surface area (Å²) in [6.07, 6.45) is 6.46. The van der Waals surface area contributed by atoms with Crippen molar-refractivity contribution in [1.82, 2.24) is 14.6 Å². The molecular formula is C33H28N4O2S. The summed E-state index contributed by atoms with van der Waals surface area (Å²) in [5.74, 6) is 0. The Morgan fingerprint density at radius 1 is 0.800 bits per heavy atom. The number of nitrogens with zero attached hydrogens (tertiary/aromatic N) is 3. The molecule has 0 atom stereocenters. The summed E-state index contributed by atoms with van der Waals surface area (Å²) in [6.45, 7) is 0. The summed E-state index contributed by atoms with van der Waals surface area (Å²) in [7, 11) is -3.34. The number of aromatic nitrogens is 3. The summed E-state index contributed by atoms with van der Waals surface area (Å²) in [6, 6.07) is 31.7. The zero-order chi connectivity index (χ0) is 27.5. The Balaban J connectivity index is 1.44. The molecule has 1 aliphatic rings. The first-order chi connectivity index (χ1) is 19.3. The summed E-state index contributed by atoms with van der Waals surface area (Å²) in [5, 5.41) is 5.86. The van der Waals surface area contributed by atoms with Crippen molar-refractivity contribution in [2.45, 2.75) is 29.7 Å². The van der Waals surface area contributed by atoms with Crippen molar-refractivity contribution in [3.8, 4) is 33.5 Å². The van der Waals surface area contributed by atoms with E-state index in [9.17, 15) is 8.42 Å². The van der Waals surface area contributed by atoms with E-state index in [4.69, 9.17) is 15.8 Å². The molecule has 1 fully saturated rings. The monoisotopic (exact) mass is 544 g/mol. The topological polar surface area (TPSA) is 90.3 Å². The molecule has 2 aromatic heterocycles. The van der Waals surface area contributed by atoms with Crippen LogP contribution in [0.15, 0.2) is 108 Å². The first-order valence-corrected chi connectivity index (χ1v) is 15.3. The van der Waals surface area contributed by atoms with Crippen molar-refractivity contribution in [3.05, 3.63) is 109 Å². The van der Waals surface area contributed by atoms with Gasteiger partial charge in [-0.2, -0.15) is 5.10 Å². The van der Waals surface area contributed by atoms with Crippen LogP contribution in [0.3, 0.4) is 0 Å². The number of rotatable bonds is 5. The maximum absolute atomic E-state index is 12.2. The molecule has 0 spiro atoms. The SMILES string of the molecule is CS(=O)(=O)c1cccc(-c2cccc3c2nn2cc(-c4ccccc4)c(-c4ccc(C5(N)CCC5)cc4)nc32)c1. The predicted molar refractivity (Wildman–Crippen MR) is 160 cm³/mol. The molecule has 0 amide bonds. The van der Waals surface area contributed by atoms with Gasteiger partial charge in [-0.05, 0) is 54.2 Å². The minimum atomic E-state index is -3.34. The Hall–Kier alpha value is -4.33. The number of hydrogen-bond donors (Lipinski definition) is 1. The minimum Gasteiger partial charge on any atom is -0.321 e. The lowest BCUT2D eigenvalue weighted by Crippen LogP contribution is -2.43. The van der Waals surface area contributed by atoms with Gasteiger partial charge in [0.1, 0.15) is 5.52 Å². The number of benzene rings is 4. The van der Waals surface area contributed by atoms with E-state index in [1.165, 1.54) is 18.2 Å². The van der Waals surface area contributed by atoms with Crippen LogP contribution in [0.25, 0.3) is 50.1 Å². The van der Waals surface area contributed by atoms with Crippen LogP contribution in [-0.4, -0.2) is 29.3 Å². The van der Waals surface area contributed by atoms with Gasteiger partial charge in [-0.3, -0.25) is 0 Å². The van der Waals surface area contributed by atoms with Crippen molar-refractivity contribution < 1.29 is 8.42 Å². The summed E-state index contributed by atoms with van der Waals surface area (Å²) < 4.78 is 26.3. The lowest BCUT2D eigenvalue weighted by molar-refractivity contribution is 0.253. The molecule has 2 N–H and O–H groups in total. The van der Waals surface area contributed by atoms with Gasteiger partial charge < -0.3 is 5.73 Å². The van der Waals surface area contributed by atoms with Crippen LogP contribution in [0, 0.1) is 0 Å². The molecule has 7 heteroatoms. The van der Waals surface area contributed by atoms with E-state index < -0.39 is 9.84 Å². The minimum absolute atomic E-state index is 0.218. The number of nitrogens with two attached hydrogens (primary N) is 1. The van der Waals surface area contributed by atoms with Gasteiger partial charge in [0.25, 0.3) is 0 Å². The van der Waals surface area contributed by atoms with Crippen LogP contribution in [0.4, 0.5) is 0 Å². The Bertz CT molecular complexity index is 2010. The third-order valence-electron chi connectivity index (χ3n) is 8.06. The maximum Gasteiger partial charge on any atom is 0.175 e. The standard InChI is InChI=1S/C33H28N4O2S/c1-40(38,39)26-11-5-10-24(20-26)27-12-6-13-28-31(27)36-37-21-29(22-8-3-2-4-9-22)30(35-32(28)37)23-14-16-25(17-15-23)33(34)18-7-19-33/h2-6,8-17,20-21H,7,18-19,34H2,1H3. The van der Waals surface area contributed by atoms with Gasteiger partial charge in [0.15, 0.2) is 15.5 Å². The highest BCUT2D eigenvalue weighted by Gasteiger charge is 2.34. The second-order valence-corrected chi connectivity index (χ2v) is 12.7. The highest BCUT2D eigenvalue weighted by atomic mass is 32.2. The van der Waals surface area contributed by atoms with E-state index in [0.29, 0.717) is 0 Å². The summed E-state index contributed by atoms with van der Waals surface area (Å²) in [4.78, 5) is 5.48. The predicted octanol–water partition coefficient (Wildman–Crippen LogP) is 6.62. The van der Waals surface area contributed by atoms with E-state index in [-0.39, 0.29) is 10.4 Å². The van der Waals surface area contributed by atoms with Gasteiger partial charge in [-0.15, -0.1) is 0 Å². The molecule has 7 rings (SSSR count). The normalized spacial score (nSPS) is 14.8. The van der Waals surface area contributed by atoms with E-state index in [1.807, 2.05) is 53.2 Å². The first-order valence-electron chi connectivity index (χ1n) is 13.4. The van der Waals surface area contributed by atoms with E-state index in [0.717, 1.165) is 62.9 Å². The Labute approximate surface area is 233 Å². The summed E-state index contributed by atoms with van der Waals surface area (Å²) in [5.41, 5.74) is 14.6. The fourth-order valence-corrected chi connectivity index (χ4v) is 6.31. The van der Waals surface area contributed by atoms with E-state index >= 15 is 0 Å². The fraction of sp³-hybridized carbons (Fsp3) is 0.152. The van der Waals surface area contributed by atoms with Gasteiger partial charge in [-0.25, -0.2) is 17.9 Å². The van der Waals surface area contributed by atoms with Crippen LogP contribution < -0.4 is 5.73 Å². The molecule has 0 bridgehead atoms. The van der Waals surface area contributed by atoms with Crippen molar-refractivity contribution >= 4 is 26.4 Å². The molecule has 6 nitrogen and oxygen atoms in total. The van der Waals surface area contributed by atoms with Crippen LogP contribution in [0.2, 0.25) is 0 Å².